The first kappa shape index (κ1) is 15.8. The summed E-state index contributed by atoms with van der Waals surface area (Å²) < 4.78 is 67.5. The van der Waals surface area contributed by atoms with E-state index < -0.39 is 33.6 Å². The molecule has 2 aromatic rings. The number of halogens is 3. The maximum atomic E-state index is 13.2. The van der Waals surface area contributed by atoms with Gasteiger partial charge in [0.25, 0.3) is 10.0 Å². The van der Waals surface area contributed by atoms with Crippen LogP contribution in [0.2, 0.25) is 0 Å². The molecule has 0 amide bonds. The molecule has 1 aliphatic carbocycles. The Balaban J connectivity index is 1.94. The molecule has 2 atom stereocenters. The fraction of sp³-hybridized carbons (Fsp3) is 0.583. The van der Waals surface area contributed by atoms with Crippen LogP contribution in [0.4, 0.5) is 13.2 Å². The molecule has 2 heterocycles. The van der Waals surface area contributed by atoms with E-state index in [1.165, 1.54) is 21.9 Å². The van der Waals surface area contributed by atoms with E-state index in [0.717, 1.165) is 6.20 Å². The highest BCUT2D eigenvalue weighted by Gasteiger charge is 2.60. The highest BCUT2D eigenvalue weighted by Crippen LogP contribution is 2.56. The van der Waals surface area contributed by atoms with E-state index in [-0.39, 0.29) is 5.03 Å². The zero-order valence-corrected chi connectivity index (χ0v) is 13.4. The van der Waals surface area contributed by atoms with Crippen molar-refractivity contribution in [3.05, 3.63) is 17.8 Å². The summed E-state index contributed by atoms with van der Waals surface area (Å²) >= 11 is 1.20. The Labute approximate surface area is 129 Å². The smallest absolute Gasteiger partial charge is 0.280 e. The molecule has 0 bridgehead atoms. The fourth-order valence-electron chi connectivity index (χ4n) is 2.59. The molecule has 0 saturated heterocycles. The number of fused-ring (bicyclic) bond motifs is 1. The highest BCUT2D eigenvalue weighted by atomic mass is 32.2. The lowest BCUT2D eigenvalue weighted by molar-refractivity contribution is -0.157. The average molecular weight is 353 g/mol. The predicted octanol–water partition coefficient (Wildman–Crippen LogP) is 2.65. The van der Waals surface area contributed by atoms with Crippen molar-refractivity contribution in [2.75, 3.05) is 0 Å². The Kier molecular flexibility index (Phi) is 3.35. The van der Waals surface area contributed by atoms with Crippen molar-refractivity contribution in [2.24, 2.45) is 11.3 Å². The second kappa shape index (κ2) is 4.68. The molecule has 0 aromatic carbocycles. The molecule has 0 radical (unpaired) electrons. The molecule has 10 heteroatoms. The van der Waals surface area contributed by atoms with Gasteiger partial charge in [0, 0.05) is 11.6 Å². The number of hydrogen-bond acceptors (Lipinski definition) is 4. The lowest BCUT2D eigenvalue weighted by atomic mass is 10.0. The van der Waals surface area contributed by atoms with Crippen LogP contribution in [0.5, 0.6) is 0 Å². The predicted molar refractivity (Wildman–Crippen MR) is 75.1 cm³/mol. The molecule has 1 aliphatic rings. The van der Waals surface area contributed by atoms with E-state index in [1.54, 1.807) is 19.2 Å². The number of thiazole rings is 1. The van der Waals surface area contributed by atoms with Crippen LogP contribution in [0, 0.1) is 11.3 Å². The van der Waals surface area contributed by atoms with Crippen LogP contribution in [0.15, 0.2) is 22.8 Å². The Morgan fingerprint density at radius 2 is 2.14 bits per heavy atom. The second-order valence-corrected chi connectivity index (χ2v) is 8.63. The van der Waals surface area contributed by atoms with Crippen LogP contribution in [-0.4, -0.2) is 30.0 Å². The molecule has 22 heavy (non-hydrogen) atoms. The van der Waals surface area contributed by atoms with E-state index in [9.17, 15) is 21.6 Å². The number of imidazole rings is 1. The van der Waals surface area contributed by atoms with Crippen molar-refractivity contribution in [1.82, 2.24) is 14.1 Å². The third-order valence-corrected chi connectivity index (χ3v) is 6.20. The minimum absolute atomic E-state index is 0.281. The molecule has 2 aromatic heterocycles. The molecule has 0 aliphatic heterocycles. The van der Waals surface area contributed by atoms with E-state index in [1.807, 2.05) is 4.72 Å². The maximum Gasteiger partial charge on any atom is 0.405 e. The van der Waals surface area contributed by atoms with Gasteiger partial charge >= 0.3 is 6.18 Å². The van der Waals surface area contributed by atoms with E-state index in [0.29, 0.717) is 11.4 Å². The third kappa shape index (κ3) is 2.63. The summed E-state index contributed by atoms with van der Waals surface area (Å²) in [6.07, 6.45) is -1.77. The number of hydrogen-bond donors (Lipinski definition) is 1. The first-order chi connectivity index (χ1) is 10.0. The minimum atomic E-state index is -4.63. The lowest BCUT2D eigenvalue weighted by Gasteiger charge is -2.22. The van der Waals surface area contributed by atoms with Crippen molar-refractivity contribution < 1.29 is 21.6 Å². The van der Waals surface area contributed by atoms with Crippen molar-refractivity contribution in [3.63, 3.8) is 0 Å². The van der Waals surface area contributed by atoms with Gasteiger partial charge < -0.3 is 0 Å². The zero-order valence-electron chi connectivity index (χ0n) is 11.8. The van der Waals surface area contributed by atoms with Gasteiger partial charge in [-0.25, -0.2) is 13.4 Å². The van der Waals surface area contributed by atoms with Crippen molar-refractivity contribution >= 4 is 26.3 Å². The summed E-state index contributed by atoms with van der Waals surface area (Å²) in [5, 5.41) is 1.34. The van der Waals surface area contributed by atoms with E-state index in [2.05, 4.69) is 4.98 Å². The Bertz CT molecular complexity index is 807. The maximum absolute atomic E-state index is 13.2. The Hall–Kier alpha value is -1.13. The number of aromatic nitrogens is 2. The van der Waals surface area contributed by atoms with Crippen molar-refractivity contribution in [2.45, 2.75) is 37.5 Å². The molecular formula is C12H14F3N3O2S2. The number of nitrogens with zero attached hydrogens (tertiary/aromatic N) is 2. The quantitative estimate of drug-likeness (QED) is 0.919. The largest absolute Gasteiger partial charge is 0.405 e. The van der Waals surface area contributed by atoms with Crippen LogP contribution < -0.4 is 4.72 Å². The van der Waals surface area contributed by atoms with Gasteiger partial charge in [0.15, 0.2) is 9.99 Å². The van der Waals surface area contributed by atoms with Gasteiger partial charge in [0.1, 0.15) is 6.04 Å². The van der Waals surface area contributed by atoms with Gasteiger partial charge in [-0.05, 0) is 17.8 Å². The fourth-order valence-corrected chi connectivity index (χ4v) is 4.69. The first-order valence-electron chi connectivity index (χ1n) is 6.52. The van der Waals surface area contributed by atoms with Crippen LogP contribution in [0.3, 0.4) is 0 Å². The third-order valence-electron chi connectivity index (χ3n) is 4.01. The van der Waals surface area contributed by atoms with Crippen LogP contribution in [-0.2, 0) is 10.0 Å². The molecule has 2 unspecified atom stereocenters. The molecule has 0 spiro atoms. The molecule has 1 fully saturated rings. The summed E-state index contributed by atoms with van der Waals surface area (Å²) in [5.41, 5.74) is -0.516. The van der Waals surface area contributed by atoms with Gasteiger partial charge in [-0.15, -0.1) is 11.3 Å². The minimum Gasteiger partial charge on any atom is -0.280 e. The number of alkyl halides is 3. The summed E-state index contributed by atoms with van der Waals surface area (Å²) in [6, 6.07) is -2.09. The van der Waals surface area contributed by atoms with Crippen LogP contribution in [0.1, 0.15) is 20.3 Å². The summed E-state index contributed by atoms with van der Waals surface area (Å²) in [6.45, 7) is 3.39. The summed E-state index contributed by atoms with van der Waals surface area (Å²) in [5.74, 6) is -0.756. The summed E-state index contributed by atoms with van der Waals surface area (Å²) in [4.78, 5) is 4.30. The van der Waals surface area contributed by atoms with Crippen LogP contribution in [0.25, 0.3) is 4.96 Å². The van der Waals surface area contributed by atoms with Crippen molar-refractivity contribution in [1.29, 1.82) is 0 Å². The normalized spacial score (nSPS) is 22.9. The monoisotopic (exact) mass is 353 g/mol. The van der Waals surface area contributed by atoms with Gasteiger partial charge in [0.2, 0.25) is 0 Å². The SMILES string of the molecule is CC1(C)CC1C(NS(=O)(=O)c1cnc2sccn12)C(F)(F)F. The lowest BCUT2D eigenvalue weighted by Crippen LogP contribution is -2.47. The van der Waals surface area contributed by atoms with Crippen molar-refractivity contribution in [3.8, 4) is 0 Å². The molecule has 1 saturated carbocycles. The van der Waals surface area contributed by atoms with E-state index >= 15 is 0 Å². The number of sulfonamides is 1. The number of nitrogens with one attached hydrogen (secondary N) is 1. The van der Waals surface area contributed by atoms with Gasteiger partial charge in [-0.1, -0.05) is 13.8 Å². The highest BCUT2D eigenvalue weighted by molar-refractivity contribution is 7.89. The van der Waals surface area contributed by atoms with E-state index in [4.69, 9.17) is 0 Å². The van der Waals surface area contributed by atoms with Gasteiger partial charge in [-0.2, -0.15) is 17.9 Å². The molecule has 1 N–H and O–H groups in total. The second-order valence-electron chi connectivity index (χ2n) is 6.09. The Morgan fingerprint density at radius 3 is 2.68 bits per heavy atom. The average Bonchev–Trinajstić information content (AvgIpc) is 2.77. The molecular weight excluding hydrogens is 339 g/mol. The molecule has 122 valence electrons. The Morgan fingerprint density at radius 1 is 1.50 bits per heavy atom. The van der Waals surface area contributed by atoms with Crippen LogP contribution >= 0.6 is 11.3 Å². The summed E-state index contributed by atoms with van der Waals surface area (Å²) in [7, 11) is -4.31. The topological polar surface area (TPSA) is 63.5 Å². The zero-order chi connectivity index (χ0) is 16.3. The first-order valence-corrected chi connectivity index (χ1v) is 8.88. The number of rotatable bonds is 4. The molecule has 3 rings (SSSR count). The standard InChI is InChI=1S/C12H14F3N3O2S2/c1-11(2)5-7(11)9(12(13,14)15)17-22(19,20)8-6-16-10-18(8)3-4-21-10/h3-4,6-7,9,17H,5H2,1-2H3. The van der Waals surface area contributed by atoms with Gasteiger partial charge in [-0.3, -0.25) is 4.40 Å². The molecule has 5 nitrogen and oxygen atoms in total. The van der Waals surface area contributed by atoms with Gasteiger partial charge in [0.05, 0.1) is 6.20 Å².